The van der Waals surface area contributed by atoms with E-state index in [0.29, 0.717) is 22.0 Å². The molecule has 0 saturated heterocycles. The van der Waals surface area contributed by atoms with Gasteiger partial charge in [-0.3, -0.25) is 10.3 Å². The number of benzene rings is 1. The number of nitrogens with one attached hydrogen (secondary N) is 1. The van der Waals surface area contributed by atoms with Crippen molar-refractivity contribution < 1.29 is 9.90 Å². The number of carboxylic acid groups (broad SMARTS) is 1. The van der Waals surface area contributed by atoms with Gasteiger partial charge in [0, 0.05) is 22.5 Å². The van der Waals surface area contributed by atoms with Gasteiger partial charge in [-0.2, -0.15) is 0 Å². The molecule has 19 heavy (non-hydrogen) atoms. The van der Waals surface area contributed by atoms with Crippen LogP contribution in [0.4, 0.5) is 10.5 Å². The standard InChI is InChI=1S/C14H11ClN2O2/c1-9(10-2-4-11(15)5-3-10)13-8-12(6-7-16-13)17-14(18)19/h2-8H,1H2,(H,16,17)(H,18,19). The quantitative estimate of drug-likeness (QED) is 0.893. The molecule has 0 aliphatic carbocycles. The summed E-state index contributed by atoms with van der Waals surface area (Å²) in [6.07, 6.45) is 0.413. The molecule has 0 bridgehead atoms. The van der Waals surface area contributed by atoms with E-state index in [-0.39, 0.29) is 0 Å². The maximum absolute atomic E-state index is 10.6. The summed E-state index contributed by atoms with van der Waals surface area (Å²) in [7, 11) is 0. The Labute approximate surface area is 115 Å². The summed E-state index contributed by atoms with van der Waals surface area (Å²) in [5, 5.41) is 11.6. The molecule has 1 amide bonds. The van der Waals surface area contributed by atoms with Gasteiger partial charge in [0.2, 0.25) is 0 Å². The van der Waals surface area contributed by atoms with E-state index in [1.165, 1.54) is 6.20 Å². The third kappa shape index (κ3) is 3.33. The highest BCUT2D eigenvalue weighted by molar-refractivity contribution is 6.30. The van der Waals surface area contributed by atoms with Gasteiger partial charge in [-0.05, 0) is 29.8 Å². The second-order valence-electron chi connectivity index (χ2n) is 3.85. The van der Waals surface area contributed by atoms with E-state index in [1.54, 1.807) is 24.3 Å². The summed E-state index contributed by atoms with van der Waals surface area (Å²) in [6.45, 7) is 3.96. The Hall–Kier alpha value is -2.33. The van der Waals surface area contributed by atoms with E-state index in [9.17, 15) is 4.79 Å². The van der Waals surface area contributed by atoms with Gasteiger partial charge < -0.3 is 5.11 Å². The van der Waals surface area contributed by atoms with Gasteiger partial charge in [-0.15, -0.1) is 0 Å². The molecule has 0 spiro atoms. The number of amides is 1. The van der Waals surface area contributed by atoms with E-state index < -0.39 is 6.09 Å². The first-order chi connectivity index (χ1) is 9.06. The first-order valence-electron chi connectivity index (χ1n) is 5.47. The lowest BCUT2D eigenvalue weighted by Gasteiger charge is -2.07. The van der Waals surface area contributed by atoms with Crippen molar-refractivity contribution in [3.05, 3.63) is 65.5 Å². The number of halogens is 1. The number of pyridine rings is 1. The molecule has 1 heterocycles. The molecule has 5 heteroatoms. The molecule has 2 N–H and O–H groups in total. The molecule has 0 radical (unpaired) electrons. The second-order valence-corrected chi connectivity index (χ2v) is 4.28. The fourth-order valence-electron chi connectivity index (χ4n) is 1.60. The molecule has 0 fully saturated rings. The van der Waals surface area contributed by atoms with Crippen molar-refractivity contribution in [1.82, 2.24) is 4.98 Å². The van der Waals surface area contributed by atoms with Gasteiger partial charge in [-0.1, -0.05) is 30.3 Å². The second kappa shape index (κ2) is 5.54. The summed E-state index contributed by atoms with van der Waals surface area (Å²) in [5.74, 6) is 0. The largest absolute Gasteiger partial charge is 0.465 e. The van der Waals surface area contributed by atoms with Gasteiger partial charge in [0.25, 0.3) is 0 Å². The van der Waals surface area contributed by atoms with Gasteiger partial charge in [0.15, 0.2) is 0 Å². The topological polar surface area (TPSA) is 62.2 Å². The lowest BCUT2D eigenvalue weighted by molar-refractivity contribution is 0.210. The van der Waals surface area contributed by atoms with Crippen molar-refractivity contribution in [2.24, 2.45) is 0 Å². The maximum atomic E-state index is 10.6. The SMILES string of the molecule is C=C(c1ccc(Cl)cc1)c1cc(NC(=O)O)ccn1. The van der Waals surface area contributed by atoms with E-state index >= 15 is 0 Å². The van der Waals surface area contributed by atoms with Gasteiger partial charge >= 0.3 is 6.09 Å². The Balaban J connectivity index is 2.28. The van der Waals surface area contributed by atoms with Crippen molar-refractivity contribution in [3.8, 4) is 0 Å². The van der Waals surface area contributed by atoms with Crippen LogP contribution in [0.5, 0.6) is 0 Å². The highest BCUT2D eigenvalue weighted by Gasteiger charge is 2.06. The predicted octanol–water partition coefficient (Wildman–Crippen LogP) is 3.89. The maximum Gasteiger partial charge on any atom is 0.409 e. The molecule has 1 aromatic heterocycles. The molecular weight excluding hydrogens is 264 g/mol. The lowest BCUT2D eigenvalue weighted by Crippen LogP contribution is -2.07. The number of rotatable bonds is 3. The summed E-state index contributed by atoms with van der Waals surface area (Å²) in [4.78, 5) is 14.8. The zero-order chi connectivity index (χ0) is 13.8. The van der Waals surface area contributed by atoms with Crippen molar-refractivity contribution in [3.63, 3.8) is 0 Å². The molecule has 0 atom stereocenters. The van der Waals surface area contributed by atoms with E-state index in [1.807, 2.05) is 12.1 Å². The van der Waals surface area contributed by atoms with Crippen LogP contribution in [0.3, 0.4) is 0 Å². The van der Waals surface area contributed by atoms with Crippen LogP contribution in [-0.2, 0) is 0 Å². The third-order valence-electron chi connectivity index (χ3n) is 2.51. The minimum Gasteiger partial charge on any atom is -0.465 e. The first kappa shape index (κ1) is 13.1. The molecule has 0 aliphatic rings. The fraction of sp³-hybridized carbons (Fsp3) is 0. The van der Waals surface area contributed by atoms with Crippen LogP contribution in [0.2, 0.25) is 5.02 Å². The number of anilines is 1. The average molecular weight is 275 g/mol. The normalized spacial score (nSPS) is 9.95. The monoisotopic (exact) mass is 274 g/mol. The van der Waals surface area contributed by atoms with Crippen molar-refractivity contribution in [2.75, 3.05) is 5.32 Å². The Bertz CT molecular complexity index is 624. The number of carbonyl (C=O) groups is 1. The van der Waals surface area contributed by atoms with Gasteiger partial charge in [0.05, 0.1) is 5.69 Å². The zero-order valence-corrected chi connectivity index (χ0v) is 10.7. The first-order valence-corrected chi connectivity index (χ1v) is 5.85. The Kier molecular flexibility index (Phi) is 3.82. The minimum absolute atomic E-state index is 0.451. The van der Waals surface area contributed by atoms with E-state index in [4.69, 9.17) is 16.7 Å². The van der Waals surface area contributed by atoms with Gasteiger partial charge in [-0.25, -0.2) is 4.79 Å². The predicted molar refractivity (Wildman–Crippen MR) is 75.5 cm³/mol. The highest BCUT2D eigenvalue weighted by Crippen LogP contribution is 2.23. The summed E-state index contributed by atoms with van der Waals surface area (Å²) in [6, 6.07) is 10.4. The van der Waals surface area contributed by atoms with E-state index in [0.717, 1.165) is 5.56 Å². The summed E-state index contributed by atoms with van der Waals surface area (Å²) in [5.41, 5.74) is 2.64. The van der Waals surface area contributed by atoms with Crippen LogP contribution in [0.1, 0.15) is 11.3 Å². The molecule has 2 rings (SSSR count). The van der Waals surface area contributed by atoms with Crippen LogP contribution in [0, 0.1) is 0 Å². The molecular formula is C14H11ClN2O2. The van der Waals surface area contributed by atoms with Crippen LogP contribution < -0.4 is 5.32 Å². The average Bonchev–Trinajstić information content (AvgIpc) is 2.38. The summed E-state index contributed by atoms with van der Waals surface area (Å²) >= 11 is 5.82. The lowest BCUT2D eigenvalue weighted by atomic mass is 10.0. The van der Waals surface area contributed by atoms with Crippen molar-refractivity contribution in [2.45, 2.75) is 0 Å². The molecule has 2 aromatic rings. The molecule has 4 nitrogen and oxygen atoms in total. The minimum atomic E-state index is -1.12. The van der Waals surface area contributed by atoms with Crippen molar-refractivity contribution in [1.29, 1.82) is 0 Å². The Morgan fingerprint density at radius 2 is 1.95 bits per heavy atom. The number of hydrogen-bond donors (Lipinski definition) is 2. The van der Waals surface area contributed by atoms with Crippen LogP contribution >= 0.6 is 11.6 Å². The zero-order valence-electron chi connectivity index (χ0n) is 9.93. The Morgan fingerprint density at radius 3 is 2.58 bits per heavy atom. The molecule has 96 valence electrons. The van der Waals surface area contributed by atoms with Crippen LogP contribution in [0.25, 0.3) is 5.57 Å². The molecule has 1 aromatic carbocycles. The summed E-state index contributed by atoms with van der Waals surface area (Å²) < 4.78 is 0. The van der Waals surface area contributed by atoms with Crippen LogP contribution in [-0.4, -0.2) is 16.2 Å². The van der Waals surface area contributed by atoms with E-state index in [2.05, 4.69) is 16.9 Å². The number of nitrogens with zero attached hydrogens (tertiary/aromatic N) is 1. The molecule has 0 saturated carbocycles. The Morgan fingerprint density at radius 1 is 1.26 bits per heavy atom. The van der Waals surface area contributed by atoms with Crippen LogP contribution in [0.15, 0.2) is 49.2 Å². The smallest absolute Gasteiger partial charge is 0.409 e. The third-order valence-corrected chi connectivity index (χ3v) is 2.77. The number of aromatic nitrogens is 1. The molecule has 0 unspecified atom stereocenters. The highest BCUT2D eigenvalue weighted by atomic mass is 35.5. The van der Waals surface area contributed by atoms with Crippen molar-refractivity contribution >= 4 is 29.0 Å². The number of hydrogen-bond acceptors (Lipinski definition) is 2. The van der Waals surface area contributed by atoms with Gasteiger partial charge in [0.1, 0.15) is 0 Å². The molecule has 0 aliphatic heterocycles. The fourth-order valence-corrected chi connectivity index (χ4v) is 1.72.